The van der Waals surface area contributed by atoms with Crippen molar-refractivity contribution in [3.8, 4) is 0 Å². The number of carbonyl (C=O) groups excluding carboxylic acids is 1. The zero-order valence-electron chi connectivity index (χ0n) is 11.2. The normalized spacial score (nSPS) is 25.8. The average Bonchev–Trinajstić information content (AvgIpc) is 2.75. The number of anilines is 1. The van der Waals surface area contributed by atoms with Gasteiger partial charge in [-0.25, -0.2) is 4.98 Å². The largest absolute Gasteiger partial charge is 0.388 e. The summed E-state index contributed by atoms with van der Waals surface area (Å²) in [6.07, 6.45) is 3.67. The Hall–Kier alpha value is -1.77. The molecule has 2 rings (SSSR count). The Morgan fingerprint density at radius 2 is 2.45 bits per heavy atom. The van der Waals surface area contributed by atoms with E-state index >= 15 is 0 Å². The number of aliphatic hydroxyl groups is 2. The molecule has 0 saturated carbocycles. The first-order valence-corrected chi connectivity index (χ1v) is 6.22. The Kier molecular flexibility index (Phi) is 4.48. The summed E-state index contributed by atoms with van der Waals surface area (Å²) >= 11 is 0. The van der Waals surface area contributed by atoms with Gasteiger partial charge in [0.05, 0.1) is 19.3 Å². The Labute approximate surface area is 116 Å². The number of β-amino-alcohol motifs (C(OH)–C–C–N with tert-alkyl or cyclic N) is 2. The summed E-state index contributed by atoms with van der Waals surface area (Å²) in [6, 6.07) is 0. The van der Waals surface area contributed by atoms with Crippen LogP contribution in [0.1, 0.15) is 0 Å². The van der Waals surface area contributed by atoms with E-state index in [9.17, 15) is 15.0 Å². The van der Waals surface area contributed by atoms with Crippen molar-refractivity contribution in [2.75, 3.05) is 38.3 Å². The monoisotopic (exact) mass is 282 g/mol. The lowest BCUT2D eigenvalue weighted by Gasteiger charge is -2.26. The van der Waals surface area contributed by atoms with E-state index in [1.807, 2.05) is 0 Å². The molecule has 1 saturated heterocycles. The van der Waals surface area contributed by atoms with E-state index in [-0.39, 0.29) is 32.1 Å². The lowest BCUT2D eigenvalue weighted by atomic mass is 10.0. The molecule has 8 heteroatoms. The molecule has 0 unspecified atom stereocenters. The molecule has 2 heterocycles. The molecule has 0 radical (unpaired) electrons. The number of nitrogens with one attached hydrogen (secondary N) is 1. The Morgan fingerprint density at radius 1 is 1.65 bits per heavy atom. The van der Waals surface area contributed by atoms with Crippen molar-refractivity contribution in [1.29, 1.82) is 0 Å². The maximum atomic E-state index is 11.3. The van der Waals surface area contributed by atoms with Crippen LogP contribution in [0.15, 0.2) is 18.6 Å². The molecule has 1 aliphatic heterocycles. The first-order chi connectivity index (χ1) is 9.55. The van der Waals surface area contributed by atoms with E-state index < -0.39 is 11.7 Å². The molecule has 2 atom stereocenters. The second-order valence-corrected chi connectivity index (χ2v) is 4.77. The summed E-state index contributed by atoms with van der Waals surface area (Å²) in [5.41, 5.74) is -1.42. The van der Waals surface area contributed by atoms with Crippen LogP contribution in [0.3, 0.4) is 0 Å². The van der Waals surface area contributed by atoms with Crippen molar-refractivity contribution < 1.29 is 19.7 Å². The van der Waals surface area contributed by atoms with Gasteiger partial charge in [-0.1, -0.05) is 0 Å². The van der Waals surface area contributed by atoms with Crippen LogP contribution in [0.5, 0.6) is 0 Å². The minimum Gasteiger partial charge on any atom is -0.388 e. The molecule has 110 valence electrons. The van der Waals surface area contributed by atoms with Crippen LogP contribution in [0.25, 0.3) is 0 Å². The van der Waals surface area contributed by atoms with Gasteiger partial charge in [0.15, 0.2) is 0 Å². The van der Waals surface area contributed by atoms with Crippen LogP contribution in [-0.2, 0) is 9.53 Å². The molecule has 0 bridgehead atoms. The van der Waals surface area contributed by atoms with Gasteiger partial charge < -0.3 is 25.2 Å². The van der Waals surface area contributed by atoms with Crippen LogP contribution < -0.4 is 10.2 Å². The summed E-state index contributed by atoms with van der Waals surface area (Å²) in [4.78, 5) is 21.1. The molecule has 20 heavy (non-hydrogen) atoms. The molecule has 0 aliphatic carbocycles. The number of nitrogens with zero attached hydrogens (tertiary/aromatic N) is 3. The van der Waals surface area contributed by atoms with Gasteiger partial charge in [-0.05, 0) is 0 Å². The van der Waals surface area contributed by atoms with Crippen molar-refractivity contribution in [3.05, 3.63) is 18.6 Å². The zero-order chi connectivity index (χ0) is 14.6. The predicted octanol–water partition coefficient (Wildman–Crippen LogP) is -1.85. The quantitative estimate of drug-likeness (QED) is 0.582. The molecule has 1 fully saturated rings. The van der Waals surface area contributed by atoms with Gasteiger partial charge in [-0.3, -0.25) is 9.78 Å². The third-order valence-electron chi connectivity index (χ3n) is 3.22. The first-order valence-electron chi connectivity index (χ1n) is 6.22. The maximum absolute atomic E-state index is 11.3. The molecule has 8 nitrogen and oxygen atoms in total. The van der Waals surface area contributed by atoms with Gasteiger partial charge in [-0.15, -0.1) is 0 Å². The lowest BCUT2D eigenvalue weighted by Crippen LogP contribution is -2.51. The molecule has 0 spiro atoms. The number of hydrogen-bond acceptors (Lipinski definition) is 7. The molecule has 0 aromatic carbocycles. The SMILES string of the molecule is COCC(=O)NC[C@]1(O)CN(c2cnccn2)C[C@H]1O. The number of ether oxygens (including phenoxy) is 1. The number of methoxy groups -OCH3 is 1. The van der Waals surface area contributed by atoms with Gasteiger partial charge in [0.2, 0.25) is 5.91 Å². The molecule has 1 aromatic heterocycles. The van der Waals surface area contributed by atoms with Gasteiger partial charge in [0, 0.05) is 26.0 Å². The predicted molar refractivity (Wildman–Crippen MR) is 70.1 cm³/mol. The zero-order valence-corrected chi connectivity index (χ0v) is 11.2. The standard InChI is InChI=1S/C12H18N4O4/c1-20-6-11(18)15-7-12(19)8-16(5-9(12)17)10-4-13-2-3-14-10/h2-4,9,17,19H,5-8H2,1H3,(H,15,18)/t9-,12+/m1/s1. The molecule has 3 N–H and O–H groups in total. The Balaban J connectivity index is 1.97. The first kappa shape index (κ1) is 14.6. The minimum atomic E-state index is -1.42. The molecule has 1 aliphatic rings. The van der Waals surface area contributed by atoms with Crippen molar-refractivity contribution in [2.45, 2.75) is 11.7 Å². The average molecular weight is 282 g/mol. The van der Waals surface area contributed by atoms with Crippen LogP contribution in [0.2, 0.25) is 0 Å². The van der Waals surface area contributed by atoms with E-state index in [4.69, 9.17) is 0 Å². The third-order valence-corrected chi connectivity index (χ3v) is 3.22. The van der Waals surface area contributed by atoms with Crippen molar-refractivity contribution in [3.63, 3.8) is 0 Å². The summed E-state index contributed by atoms with van der Waals surface area (Å²) < 4.78 is 4.68. The number of hydrogen-bond donors (Lipinski definition) is 3. The highest BCUT2D eigenvalue weighted by Crippen LogP contribution is 2.24. The van der Waals surface area contributed by atoms with Crippen molar-refractivity contribution >= 4 is 11.7 Å². The number of aliphatic hydroxyl groups excluding tert-OH is 1. The summed E-state index contributed by atoms with van der Waals surface area (Å²) in [7, 11) is 1.41. The fourth-order valence-corrected chi connectivity index (χ4v) is 2.12. The highest BCUT2D eigenvalue weighted by molar-refractivity contribution is 5.77. The smallest absolute Gasteiger partial charge is 0.246 e. The van der Waals surface area contributed by atoms with Crippen LogP contribution in [-0.4, -0.2) is 71.1 Å². The Bertz CT molecular complexity index is 458. The van der Waals surface area contributed by atoms with E-state index in [1.165, 1.54) is 7.11 Å². The number of carbonyl (C=O) groups is 1. The third kappa shape index (κ3) is 3.21. The van der Waals surface area contributed by atoms with Crippen LogP contribution in [0.4, 0.5) is 5.82 Å². The van der Waals surface area contributed by atoms with E-state index in [0.717, 1.165) is 0 Å². The summed E-state index contributed by atoms with van der Waals surface area (Å²) in [6.45, 7) is 0.267. The van der Waals surface area contributed by atoms with E-state index in [0.29, 0.717) is 5.82 Å². The van der Waals surface area contributed by atoms with Crippen LogP contribution in [0, 0.1) is 0 Å². The number of amides is 1. The fourth-order valence-electron chi connectivity index (χ4n) is 2.12. The number of aromatic nitrogens is 2. The van der Waals surface area contributed by atoms with Crippen molar-refractivity contribution in [1.82, 2.24) is 15.3 Å². The molecular formula is C12H18N4O4. The van der Waals surface area contributed by atoms with Gasteiger partial charge in [-0.2, -0.15) is 0 Å². The fraction of sp³-hybridized carbons (Fsp3) is 0.583. The van der Waals surface area contributed by atoms with Gasteiger partial charge >= 0.3 is 0 Å². The molecule has 1 amide bonds. The topological polar surface area (TPSA) is 108 Å². The lowest BCUT2D eigenvalue weighted by molar-refractivity contribution is -0.126. The van der Waals surface area contributed by atoms with Gasteiger partial charge in [0.1, 0.15) is 24.1 Å². The van der Waals surface area contributed by atoms with E-state index in [2.05, 4.69) is 20.0 Å². The van der Waals surface area contributed by atoms with E-state index in [1.54, 1.807) is 23.5 Å². The number of rotatable bonds is 5. The second kappa shape index (κ2) is 6.12. The Morgan fingerprint density at radius 3 is 3.10 bits per heavy atom. The maximum Gasteiger partial charge on any atom is 0.246 e. The van der Waals surface area contributed by atoms with Crippen LogP contribution >= 0.6 is 0 Å². The van der Waals surface area contributed by atoms with Gasteiger partial charge in [0.25, 0.3) is 0 Å². The van der Waals surface area contributed by atoms with Crippen molar-refractivity contribution in [2.24, 2.45) is 0 Å². The highest BCUT2D eigenvalue weighted by Gasteiger charge is 2.45. The minimum absolute atomic E-state index is 0.0485. The molecule has 1 aromatic rings. The molecular weight excluding hydrogens is 264 g/mol. The second-order valence-electron chi connectivity index (χ2n) is 4.77. The highest BCUT2D eigenvalue weighted by atomic mass is 16.5. The summed E-state index contributed by atoms with van der Waals surface area (Å²) in [5.74, 6) is 0.233. The summed E-state index contributed by atoms with van der Waals surface area (Å²) in [5, 5.41) is 22.9.